The molecule has 52 valence electrons. The summed E-state index contributed by atoms with van der Waals surface area (Å²) in [7, 11) is 0. The summed E-state index contributed by atoms with van der Waals surface area (Å²) in [6.07, 6.45) is 2.13. The van der Waals surface area contributed by atoms with Crippen molar-refractivity contribution in [3.05, 3.63) is 0 Å². The standard InChI is InChI=1S/C6H10O3/c1-5(7)9-6(8)3-2-4-6/h8H,2-4H2,1H3. The third kappa shape index (κ3) is 1.42. The Morgan fingerprint density at radius 2 is 2.22 bits per heavy atom. The van der Waals surface area contributed by atoms with Gasteiger partial charge in [0.1, 0.15) is 0 Å². The third-order valence-electron chi connectivity index (χ3n) is 1.47. The van der Waals surface area contributed by atoms with E-state index in [4.69, 9.17) is 5.11 Å². The summed E-state index contributed by atoms with van der Waals surface area (Å²) in [5, 5.41) is 9.14. The van der Waals surface area contributed by atoms with Crippen molar-refractivity contribution in [2.24, 2.45) is 0 Å². The van der Waals surface area contributed by atoms with Crippen LogP contribution in [0, 0.1) is 0 Å². The zero-order chi connectivity index (χ0) is 6.91. The third-order valence-corrected chi connectivity index (χ3v) is 1.47. The zero-order valence-corrected chi connectivity index (χ0v) is 5.39. The number of rotatable bonds is 1. The Balaban J connectivity index is 2.33. The van der Waals surface area contributed by atoms with E-state index in [1.54, 1.807) is 0 Å². The fourth-order valence-corrected chi connectivity index (χ4v) is 0.849. The summed E-state index contributed by atoms with van der Waals surface area (Å²) < 4.78 is 4.59. The van der Waals surface area contributed by atoms with Crippen LogP contribution in [0.1, 0.15) is 26.2 Å². The van der Waals surface area contributed by atoms with Gasteiger partial charge in [-0.3, -0.25) is 4.79 Å². The lowest BCUT2D eigenvalue weighted by molar-refractivity contribution is -0.237. The van der Waals surface area contributed by atoms with Crippen LogP contribution in [-0.2, 0) is 9.53 Å². The van der Waals surface area contributed by atoms with E-state index in [9.17, 15) is 4.79 Å². The Morgan fingerprint density at radius 3 is 2.33 bits per heavy atom. The predicted molar refractivity (Wildman–Crippen MR) is 30.6 cm³/mol. The van der Waals surface area contributed by atoms with E-state index >= 15 is 0 Å². The van der Waals surface area contributed by atoms with E-state index in [-0.39, 0.29) is 0 Å². The van der Waals surface area contributed by atoms with Crippen LogP contribution >= 0.6 is 0 Å². The number of carbonyl (C=O) groups is 1. The summed E-state index contributed by atoms with van der Waals surface area (Å²) in [5.41, 5.74) is 0. The molecule has 1 aliphatic rings. The largest absolute Gasteiger partial charge is 0.433 e. The normalized spacial score (nSPS) is 22.4. The van der Waals surface area contributed by atoms with Crippen molar-refractivity contribution in [3.8, 4) is 0 Å². The van der Waals surface area contributed by atoms with E-state index < -0.39 is 11.8 Å². The summed E-state index contributed by atoms with van der Waals surface area (Å²) in [4.78, 5) is 10.3. The van der Waals surface area contributed by atoms with Gasteiger partial charge < -0.3 is 9.84 Å². The highest BCUT2D eigenvalue weighted by Crippen LogP contribution is 2.32. The second kappa shape index (κ2) is 1.99. The average Bonchev–Trinajstić information content (AvgIpc) is 1.60. The lowest BCUT2D eigenvalue weighted by atomic mass is 9.91. The molecule has 0 bridgehead atoms. The van der Waals surface area contributed by atoms with Crippen LogP contribution in [0.3, 0.4) is 0 Å². The Labute approximate surface area is 53.6 Å². The van der Waals surface area contributed by atoms with Crippen molar-refractivity contribution in [3.63, 3.8) is 0 Å². The number of hydrogen-bond acceptors (Lipinski definition) is 3. The van der Waals surface area contributed by atoms with Crippen molar-refractivity contribution in [2.45, 2.75) is 32.0 Å². The molecule has 0 radical (unpaired) electrons. The maximum atomic E-state index is 10.3. The summed E-state index contributed by atoms with van der Waals surface area (Å²) in [6, 6.07) is 0. The van der Waals surface area contributed by atoms with Crippen LogP contribution in [0.2, 0.25) is 0 Å². The number of hydrogen-bond donors (Lipinski definition) is 1. The van der Waals surface area contributed by atoms with E-state index in [0.29, 0.717) is 12.8 Å². The zero-order valence-electron chi connectivity index (χ0n) is 5.39. The van der Waals surface area contributed by atoms with Gasteiger partial charge in [0, 0.05) is 19.8 Å². The van der Waals surface area contributed by atoms with Gasteiger partial charge in [-0.1, -0.05) is 0 Å². The molecule has 0 aromatic heterocycles. The first-order valence-electron chi connectivity index (χ1n) is 3.04. The lowest BCUT2D eigenvalue weighted by Gasteiger charge is -2.34. The molecule has 9 heavy (non-hydrogen) atoms. The minimum Gasteiger partial charge on any atom is -0.433 e. The van der Waals surface area contributed by atoms with Crippen molar-refractivity contribution >= 4 is 5.97 Å². The second-order valence-electron chi connectivity index (χ2n) is 2.39. The van der Waals surface area contributed by atoms with Crippen LogP contribution in [0.15, 0.2) is 0 Å². The Kier molecular flexibility index (Phi) is 1.45. The molecule has 1 aliphatic carbocycles. The monoisotopic (exact) mass is 130 g/mol. The fraction of sp³-hybridized carbons (Fsp3) is 0.833. The van der Waals surface area contributed by atoms with E-state index in [0.717, 1.165) is 6.42 Å². The quantitative estimate of drug-likeness (QED) is 0.413. The summed E-state index contributed by atoms with van der Waals surface area (Å²) >= 11 is 0. The molecule has 0 amide bonds. The van der Waals surface area contributed by atoms with Gasteiger partial charge in [-0.05, 0) is 6.42 Å². The first-order valence-corrected chi connectivity index (χ1v) is 3.04. The molecule has 0 saturated heterocycles. The van der Waals surface area contributed by atoms with E-state index in [2.05, 4.69) is 4.74 Å². The maximum absolute atomic E-state index is 10.3. The molecular weight excluding hydrogens is 120 g/mol. The molecule has 3 nitrogen and oxygen atoms in total. The van der Waals surface area contributed by atoms with Crippen LogP contribution in [0.5, 0.6) is 0 Å². The SMILES string of the molecule is CC(=O)OC1(O)CCC1. The van der Waals surface area contributed by atoms with Gasteiger partial charge in [-0.15, -0.1) is 0 Å². The molecule has 1 saturated carbocycles. The van der Waals surface area contributed by atoms with Crippen LogP contribution in [-0.4, -0.2) is 16.9 Å². The lowest BCUT2D eigenvalue weighted by Crippen LogP contribution is -2.40. The molecular formula is C6H10O3. The van der Waals surface area contributed by atoms with Crippen LogP contribution in [0.4, 0.5) is 0 Å². The topological polar surface area (TPSA) is 46.5 Å². The summed E-state index contributed by atoms with van der Waals surface area (Å²) in [5.74, 6) is -1.51. The number of esters is 1. The molecule has 0 aliphatic heterocycles. The molecule has 0 unspecified atom stereocenters. The molecule has 1 N–H and O–H groups in total. The van der Waals surface area contributed by atoms with Gasteiger partial charge in [-0.2, -0.15) is 0 Å². The molecule has 0 spiro atoms. The highest BCUT2D eigenvalue weighted by Gasteiger charge is 2.37. The maximum Gasteiger partial charge on any atom is 0.305 e. The second-order valence-corrected chi connectivity index (χ2v) is 2.39. The smallest absolute Gasteiger partial charge is 0.305 e. The minimum absolute atomic E-state index is 0.405. The van der Waals surface area contributed by atoms with Crippen molar-refractivity contribution in [1.82, 2.24) is 0 Å². The molecule has 0 atom stereocenters. The molecule has 1 rings (SSSR count). The van der Waals surface area contributed by atoms with Crippen LogP contribution < -0.4 is 0 Å². The van der Waals surface area contributed by atoms with E-state index in [1.165, 1.54) is 6.92 Å². The first kappa shape index (κ1) is 6.55. The molecule has 3 heteroatoms. The molecule has 0 aromatic carbocycles. The van der Waals surface area contributed by atoms with Gasteiger partial charge in [0.25, 0.3) is 0 Å². The highest BCUT2D eigenvalue weighted by molar-refractivity contribution is 5.66. The van der Waals surface area contributed by atoms with Crippen LogP contribution in [0.25, 0.3) is 0 Å². The van der Waals surface area contributed by atoms with E-state index in [1.807, 2.05) is 0 Å². The van der Waals surface area contributed by atoms with Crippen molar-refractivity contribution in [1.29, 1.82) is 0 Å². The van der Waals surface area contributed by atoms with Gasteiger partial charge >= 0.3 is 5.97 Å². The Hall–Kier alpha value is -0.570. The van der Waals surface area contributed by atoms with Gasteiger partial charge in [0.15, 0.2) is 0 Å². The molecule has 1 fully saturated rings. The Morgan fingerprint density at radius 1 is 1.67 bits per heavy atom. The predicted octanol–water partition coefficient (Wildman–Crippen LogP) is 0.422. The van der Waals surface area contributed by atoms with Crippen molar-refractivity contribution in [2.75, 3.05) is 0 Å². The Bertz CT molecular complexity index is 126. The molecule has 0 heterocycles. The van der Waals surface area contributed by atoms with Gasteiger partial charge in [0.2, 0.25) is 5.79 Å². The van der Waals surface area contributed by atoms with Gasteiger partial charge in [0.05, 0.1) is 0 Å². The first-order chi connectivity index (χ1) is 4.12. The minimum atomic E-state index is -1.11. The average molecular weight is 130 g/mol. The number of ether oxygens (including phenoxy) is 1. The summed E-state index contributed by atoms with van der Waals surface area (Å²) in [6.45, 7) is 1.30. The van der Waals surface area contributed by atoms with Gasteiger partial charge in [-0.25, -0.2) is 0 Å². The highest BCUT2D eigenvalue weighted by atomic mass is 16.7. The fourth-order valence-electron chi connectivity index (χ4n) is 0.849. The number of carbonyl (C=O) groups excluding carboxylic acids is 1. The van der Waals surface area contributed by atoms with Crippen molar-refractivity contribution < 1.29 is 14.6 Å². The number of aliphatic hydroxyl groups is 1. The molecule has 0 aromatic rings.